The third-order valence-electron chi connectivity index (χ3n) is 0. The molecule has 0 aliphatic rings. The zero-order valence-corrected chi connectivity index (χ0v) is 10.7. The first kappa shape index (κ1) is 47.4. The summed E-state index contributed by atoms with van der Waals surface area (Å²) in [6.07, 6.45) is 0. The Morgan fingerprint density at radius 2 is 1.00 bits per heavy atom. The molecule has 0 aromatic carbocycles. The van der Waals surface area contributed by atoms with Gasteiger partial charge in [-0.2, -0.15) is 7.82 Å². The summed E-state index contributed by atoms with van der Waals surface area (Å²) in [5.41, 5.74) is 0. The summed E-state index contributed by atoms with van der Waals surface area (Å²) < 4.78 is 8.55. The first-order valence-electron chi connectivity index (χ1n) is 0.730. The Labute approximate surface area is 130 Å². The molecule has 0 aliphatic heterocycles. The van der Waals surface area contributed by atoms with Crippen LogP contribution in [0.15, 0.2) is 0 Å². The maximum atomic E-state index is 8.55. The van der Waals surface area contributed by atoms with Gasteiger partial charge in [0.05, 0.1) is 0 Å². The van der Waals surface area contributed by atoms with E-state index in [1.807, 2.05) is 0 Å². The fourth-order valence-electron chi connectivity index (χ4n) is 0. The molecule has 0 aromatic heterocycles. The summed E-state index contributed by atoms with van der Waals surface area (Å²) in [5, 5.41) is 0. The fraction of sp³-hybridized carbons (Fsp3) is 0. The largest absolute Gasteiger partial charge is 2.00 e. The summed E-state index contributed by atoms with van der Waals surface area (Å²) in [6.45, 7) is 0. The molecule has 0 unspecified atom stereocenters. The minimum atomic E-state index is -5.39. The van der Waals surface area contributed by atoms with Gasteiger partial charge in [0.1, 0.15) is 0 Å². The second kappa shape index (κ2) is 23.3. The molecule has 0 aromatic rings. The van der Waals surface area contributed by atoms with Gasteiger partial charge in [-0.15, -0.1) is 0 Å². The molecule has 0 aliphatic carbocycles. The van der Waals surface area contributed by atoms with Crippen LogP contribution in [0.4, 0.5) is 0 Å². The number of phosphoric acid groups is 1. The fourth-order valence-corrected chi connectivity index (χ4v) is 0. The summed E-state index contributed by atoms with van der Waals surface area (Å²) in [7, 11) is -5.39. The molecule has 0 spiro atoms. The molecular formula is CoFeLi2MnNiO4P+7. The second-order valence-electron chi connectivity index (χ2n) is 0.447. The minimum Gasteiger partial charge on any atom is -0.822 e. The Bertz CT molecular complexity index is 74.2. The Morgan fingerprint density at radius 1 is 1.00 bits per heavy atom. The van der Waals surface area contributed by atoms with E-state index < -0.39 is 7.82 Å². The van der Waals surface area contributed by atoms with Crippen LogP contribution in [0.25, 0.3) is 0 Å². The van der Waals surface area contributed by atoms with E-state index in [1.54, 1.807) is 0 Å². The smallest absolute Gasteiger partial charge is 0.822 e. The van der Waals surface area contributed by atoms with Crippen molar-refractivity contribution in [3.8, 4) is 0 Å². The zero-order valence-electron chi connectivity index (χ0n) is 5.46. The molecule has 11 heavy (non-hydrogen) atoms. The molecular weight excluding hydrogens is 337 g/mol. The van der Waals surface area contributed by atoms with E-state index >= 15 is 0 Å². The first-order valence-corrected chi connectivity index (χ1v) is 2.19. The van der Waals surface area contributed by atoms with Crippen molar-refractivity contribution in [3.05, 3.63) is 0 Å². The van der Waals surface area contributed by atoms with E-state index in [0.717, 1.165) is 0 Å². The van der Waals surface area contributed by atoms with Gasteiger partial charge in [0, 0.05) is 0 Å². The van der Waals surface area contributed by atoms with Crippen molar-refractivity contribution < 1.29 is 124 Å². The summed E-state index contributed by atoms with van der Waals surface area (Å²) in [6, 6.07) is 0. The standard InChI is InChI=1S/Co.Fe.2Li.Mn.Ni.H3O4P/c;;;;;;1-5(2,3)4/h;;;;;;(H3,1,2,3,4)/q2*+2;2*+1;2*+2;/p-3. The van der Waals surface area contributed by atoms with Crippen LogP contribution < -0.4 is 52.4 Å². The van der Waals surface area contributed by atoms with Gasteiger partial charge >= 0.3 is 105 Å². The average Bonchev–Trinajstić information content (AvgIpc) is 0.722. The van der Waals surface area contributed by atoms with Crippen LogP contribution in [-0.4, -0.2) is 0 Å². The van der Waals surface area contributed by atoms with Crippen molar-refractivity contribution in [1.29, 1.82) is 0 Å². The van der Waals surface area contributed by atoms with E-state index in [0.29, 0.717) is 0 Å². The SMILES string of the molecule is O=P([O-])([O-])[O-].[Co+2].[Fe+2].[Li+].[Li+].[Mn+2].[Ni+2]. The summed E-state index contributed by atoms with van der Waals surface area (Å²) >= 11 is 0. The van der Waals surface area contributed by atoms with E-state index in [2.05, 4.69) is 0 Å². The summed E-state index contributed by atoms with van der Waals surface area (Å²) in [4.78, 5) is 25.6. The van der Waals surface area contributed by atoms with E-state index in [1.165, 1.54) is 0 Å². The van der Waals surface area contributed by atoms with Crippen LogP contribution in [0.5, 0.6) is 0 Å². The van der Waals surface area contributed by atoms with Crippen LogP contribution in [0.3, 0.4) is 0 Å². The van der Waals surface area contributed by atoms with E-state index in [-0.39, 0.29) is 105 Å². The molecule has 0 bridgehead atoms. The van der Waals surface area contributed by atoms with Gasteiger partial charge in [0.2, 0.25) is 0 Å². The second-order valence-corrected chi connectivity index (χ2v) is 1.34. The number of hydrogen-bond donors (Lipinski definition) is 0. The number of hydrogen-bond acceptors (Lipinski definition) is 4. The molecule has 0 fully saturated rings. The monoisotopic (exact) mass is 337 g/mol. The molecule has 0 saturated carbocycles. The van der Waals surface area contributed by atoms with Gasteiger partial charge in [-0.1, -0.05) is 0 Å². The van der Waals surface area contributed by atoms with Crippen molar-refractivity contribution in [2.75, 3.05) is 0 Å². The third-order valence-corrected chi connectivity index (χ3v) is 0. The molecule has 58 valence electrons. The molecule has 4 nitrogen and oxygen atoms in total. The van der Waals surface area contributed by atoms with Crippen LogP contribution in [0.2, 0.25) is 0 Å². The minimum absolute atomic E-state index is 0. The Morgan fingerprint density at radius 3 is 1.00 bits per heavy atom. The molecule has 0 amide bonds. The van der Waals surface area contributed by atoms with E-state index in [4.69, 9.17) is 19.2 Å². The van der Waals surface area contributed by atoms with Crippen molar-refractivity contribution in [1.82, 2.24) is 0 Å². The quantitative estimate of drug-likeness (QED) is 0.325. The molecule has 11 heteroatoms. The van der Waals surface area contributed by atoms with Crippen LogP contribution >= 0.6 is 7.82 Å². The van der Waals surface area contributed by atoms with Crippen LogP contribution in [-0.2, 0) is 72.0 Å². The van der Waals surface area contributed by atoms with Gasteiger partial charge in [-0.3, -0.25) is 0 Å². The van der Waals surface area contributed by atoms with Gasteiger partial charge < -0.3 is 19.2 Å². The Kier molecular flexibility index (Phi) is 100. The maximum Gasteiger partial charge on any atom is 2.00 e. The third kappa shape index (κ3) is 154. The predicted molar refractivity (Wildman–Crippen MR) is 7.61 cm³/mol. The maximum absolute atomic E-state index is 8.55. The molecule has 0 heterocycles. The van der Waals surface area contributed by atoms with Gasteiger partial charge in [0.15, 0.2) is 0 Å². The Balaban J connectivity index is -0.00000000533. The Hall–Kier alpha value is 3.34. The average molecular weight is 337 g/mol. The van der Waals surface area contributed by atoms with Gasteiger partial charge in [-0.25, -0.2) is 0 Å². The van der Waals surface area contributed by atoms with Crippen LogP contribution in [0, 0.1) is 0 Å². The molecule has 0 rings (SSSR count). The molecule has 0 N–H and O–H groups in total. The predicted octanol–water partition coefficient (Wildman–Crippen LogP) is -8.83. The van der Waals surface area contributed by atoms with Crippen molar-refractivity contribution in [3.63, 3.8) is 0 Å². The van der Waals surface area contributed by atoms with Crippen molar-refractivity contribution in [2.24, 2.45) is 0 Å². The van der Waals surface area contributed by atoms with Crippen molar-refractivity contribution in [2.45, 2.75) is 0 Å². The topological polar surface area (TPSA) is 86.2 Å². The number of rotatable bonds is 0. The molecule has 2 radical (unpaired) electrons. The molecule has 0 atom stereocenters. The van der Waals surface area contributed by atoms with Crippen LogP contribution in [0.1, 0.15) is 0 Å². The van der Waals surface area contributed by atoms with Crippen molar-refractivity contribution >= 4 is 7.82 Å². The van der Waals surface area contributed by atoms with Gasteiger partial charge in [-0.05, 0) is 0 Å². The molecule has 0 saturated heterocycles. The summed E-state index contributed by atoms with van der Waals surface area (Å²) in [5.74, 6) is 0. The van der Waals surface area contributed by atoms with Gasteiger partial charge in [0.25, 0.3) is 0 Å². The first-order chi connectivity index (χ1) is 2.00. The van der Waals surface area contributed by atoms with E-state index in [9.17, 15) is 0 Å². The normalized spacial score (nSPS) is 5.36. The zero-order chi connectivity index (χ0) is 4.50.